The van der Waals surface area contributed by atoms with E-state index in [-0.39, 0.29) is 52.9 Å². The molecule has 3 aliphatic rings. The molecule has 0 aliphatic carbocycles. The molecular weight excluding hydrogens is 384 g/mol. The number of carbonyl (C=O) groups is 4. The van der Waals surface area contributed by atoms with Gasteiger partial charge in [0.25, 0.3) is 0 Å². The molecule has 12 heteroatoms. The summed E-state index contributed by atoms with van der Waals surface area (Å²) in [6.07, 6.45) is -4.69. The van der Waals surface area contributed by atoms with Crippen LogP contribution in [0, 0.1) is 0 Å². The number of rotatable bonds is 0. The van der Waals surface area contributed by atoms with Crippen LogP contribution in [0.5, 0.6) is 0 Å². The van der Waals surface area contributed by atoms with Gasteiger partial charge in [0.1, 0.15) is 0 Å². The molecule has 3 fully saturated rings. The minimum atomic E-state index is -1.17. The van der Waals surface area contributed by atoms with Crippen molar-refractivity contribution in [2.75, 3.05) is 52.9 Å². The third-order valence-electron chi connectivity index (χ3n) is 3.98. The Morgan fingerprint density at radius 3 is 0.929 bits per heavy atom. The second-order valence-electron chi connectivity index (χ2n) is 5.87. The Balaban J connectivity index is 1.54. The van der Waals surface area contributed by atoms with Crippen LogP contribution in [0.4, 0.5) is 0 Å². The maximum Gasteiger partial charge on any atom is 0.346 e. The number of ether oxygens (including phenoxy) is 8. The lowest BCUT2D eigenvalue weighted by Gasteiger charge is -2.17. The highest BCUT2D eigenvalue weighted by molar-refractivity contribution is 6.00. The fraction of sp³-hybridized carbons (Fsp3) is 0.750. The van der Waals surface area contributed by atoms with Gasteiger partial charge in [0.15, 0.2) is 24.4 Å². The Labute approximate surface area is 159 Å². The van der Waals surface area contributed by atoms with Crippen LogP contribution < -0.4 is 0 Å². The first kappa shape index (κ1) is 20.8. The molecule has 3 aliphatic heterocycles. The lowest BCUT2D eigenvalue weighted by Crippen LogP contribution is -2.37. The van der Waals surface area contributed by atoms with Crippen LogP contribution in [0.2, 0.25) is 0 Å². The zero-order valence-corrected chi connectivity index (χ0v) is 14.9. The van der Waals surface area contributed by atoms with Gasteiger partial charge in [-0.05, 0) is 0 Å². The molecular formula is C16H20O12. The highest BCUT2D eigenvalue weighted by Crippen LogP contribution is 2.18. The van der Waals surface area contributed by atoms with Crippen molar-refractivity contribution in [1.82, 2.24) is 0 Å². The predicted molar refractivity (Wildman–Crippen MR) is 82.8 cm³/mol. The van der Waals surface area contributed by atoms with Crippen molar-refractivity contribution < 1.29 is 57.1 Å². The van der Waals surface area contributed by atoms with E-state index >= 15 is 0 Å². The molecule has 3 rings (SSSR count). The first-order valence-electron chi connectivity index (χ1n) is 8.71. The molecule has 0 radical (unpaired) electrons. The molecule has 0 aromatic heterocycles. The van der Waals surface area contributed by atoms with E-state index in [0.29, 0.717) is 0 Å². The van der Waals surface area contributed by atoms with E-state index < -0.39 is 48.3 Å². The Morgan fingerprint density at radius 2 is 0.679 bits per heavy atom. The van der Waals surface area contributed by atoms with E-state index in [1.165, 1.54) is 0 Å². The van der Waals surface area contributed by atoms with E-state index in [4.69, 9.17) is 28.4 Å². The summed E-state index contributed by atoms with van der Waals surface area (Å²) in [5.74, 6) is -3.29. The van der Waals surface area contributed by atoms with Crippen molar-refractivity contribution >= 4 is 23.9 Å². The van der Waals surface area contributed by atoms with Crippen LogP contribution in [-0.2, 0) is 57.1 Å². The Hall–Kier alpha value is -1.96. The number of cyclic esters (lactones) is 4. The molecule has 0 saturated carbocycles. The zero-order valence-electron chi connectivity index (χ0n) is 14.9. The van der Waals surface area contributed by atoms with Crippen molar-refractivity contribution in [3.63, 3.8) is 0 Å². The Kier molecular flexibility index (Phi) is 7.42. The van der Waals surface area contributed by atoms with Gasteiger partial charge in [0.2, 0.25) is 0 Å². The van der Waals surface area contributed by atoms with Crippen molar-refractivity contribution in [1.29, 1.82) is 0 Å². The Bertz CT molecular complexity index is 504. The second-order valence-corrected chi connectivity index (χ2v) is 5.87. The summed E-state index contributed by atoms with van der Waals surface area (Å²) in [5.41, 5.74) is 0. The molecule has 28 heavy (non-hydrogen) atoms. The highest BCUT2D eigenvalue weighted by Gasteiger charge is 2.47. The number of fused-ring (bicyclic) bond motifs is 2. The topological polar surface area (TPSA) is 142 Å². The molecule has 0 aromatic carbocycles. The lowest BCUT2D eigenvalue weighted by atomic mass is 10.2. The summed E-state index contributed by atoms with van der Waals surface area (Å²) >= 11 is 0. The average molecular weight is 404 g/mol. The van der Waals surface area contributed by atoms with Crippen LogP contribution in [0.3, 0.4) is 0 Å². The molecule has 3 heterocycles. The largest absolute Gasteiger partial charge is 0.389 e. The van der Waals surface area contributed by atoms with Gasteiger partial charge in [-0.25, -0.2) is 19.2 Å². The van der Waals surface area contributed by atoms with E-state index in [1.807, 2.05) is 0 Å². The van der Waals surface area contributed by atoms with Crippen LogP contribution >= 0.6 is 0 Å². The monoisotopic (exact) mass is 404 g/mol. The molecule has 0 N–H and O–H groups in total. The predicted octanol–water partition coefficient (Wildman–Crippen LogP) is -2.26. The standard InChI is InChI=1S/C16H20O12/c17-13-9-10(14(18)27-13)25-7-3-22-4-8-26-12-11(15(19)28-16(12)20)24-6-2-21-1-5-23-9/h9-12H,1-8H2/t9-,10-,11-,12?/m0/s1. The molecule has 12 nitrogen and oxygen atoms in total. The number of esters is 4. The van der Waals surface area contributed by atoms with E-state index in [1.54, 1.807) is 0 Å². The van der Waals surface area contributed by atoms with E-state index in [9.17, 15) is 19.2 Å². The SMILES string of the molecule is O=C1OC(=O)[C@H]2OCCOCCO[C@@H]3C(=O)OC(=O)[C@H]3OCCOCCOC12. The molecule has 0 bridgehead atoms. The number of hydrogen-bond acceptors (Lipinski definition) is 12. The number of hydrogen-bond donors (Lipinski definition) is 0. The van der Waals surface area contributed by atoms with Gasteiger partial charge in [0.05, 0.1) is 52.9 Å². The minimum absolute atomic E-state index is 0.000894. The molecule has 0 aromatic rings. The molecule has 0 spiro atoms. The average Bonchev–Trinajstić information content (AvgIpc) is 3.07. The first-order chi connectivity index (χ1) is 13.6. The van der Waals surface area contributed by atoms with Gasteiger partial charge >= 0.3 is 23.9 Å². The van der Waals surface area contributed by atoms with Gasteiger partial charge in [-0.3, -0.25) is 0 Å². The van der Waals surface area contributed by atoms with Gasteiger partial charge in [0, 0.05) is 0 Å². The minimum Gasteiger partial charge on any atom is -0.389 e. The summed E-state index contributed by atoms with van der Waals surface area (Å²) < 4.78 is 40.9. The lowest BCUT2D eigenvalue weighted by molar-refractivity contribution is -0.157. The van der Waals surface area contributed by atoms with Crippen LogP contribution in [-0.4, -0.2) is 101 Å². The van der Waals surface area contributed by atoms with Crippen LogP contribution in [0.15, 0.2) is 0 Å². The van der Waals surface area contributed by atoms with Crippen LogP contribution in [0.25, 0.3) is 0 Å². The van der Waals surface area contributed by atoms with Gasteiger partial charge < -0.3 is 37.9 Å². The molecule has 4 atom stereocenters. The summed E-state index contributed by atoms with van der Waals surface area (Å²) in [6.45, 7) is 0.350. The smallest absolute Gasteiger partial charge is 0.346 e. The van der Waals surface area contributed by atoms with E-state index in [0.717, 1.165) is 0 Å². The highest BCUT2D eigenvalue weighted by atomic mass is 16.7. The maximum atomic E-state index is 11.7. The molecule has 3 saturated heterocycles. The molecule has 1 unspecified atom stereocenters. The third kappa shape index (κ3) is 5.10. The molecule has 156 valence electrons. The summed E-state index contributed by atoms with van der Waals surface area (Å²) in [5, 5.41) is 0. The van der Waals surface area contributed by atoms with Gasteiger partial charge in [-0.15, -0.1) is 0 Å². The van der Waals surface area contributed by atoms with Gasteiger partial charge in [-0.1, -0.05) is 0 Å². The van der Waals surface area contributed by atoms with Crippen molar-refractivity contribution in [2.45, 2.75) is 24.4 Å². The third-order valence-corrected chi connectivity index (χ3v) is 3.98. The normalized spacial score (nSPS) is 34.0. The van der Waals surface area contributed by atoms with Gasteiger partial charge in [-0.2, -0.15) is 0 Å². The van der Waals surface area contributed by atoms with Crippen molar-refractivity contribution in [3.8, 4) is 0 Å². The number of carbonyl (C=O) groups excluding carboxylic acids is 4. The fourth-order valence-electron chi connectivity index (χ4n) is 2.69. The quantitative estimate of drug-likeness (QED) is 0.318. The Morgan fingerprint density at radius 1 is 0.429 bits per heavy atom. The summed E-state index contributed by atoms with van der Waals surface area (Å²) in [4.78, 5) is 46.7. The van der Waals surface area contributed by atoms with Crippen molar-refractivity contribution in [2.24, 2.45) is 0 Å². The second kappa shape index (κ2) is 10.0. The van der Waals surface area contributed by atoms with Crippen LogP contribution in [0.1, 0.15) is 0 Å². The van der Waals surface area contributed by atoms with E-state index in [2.05, 4.69) is 9.47 Å². The summed E-state index contributed by atoms with van der Waals surface area (Å²) in [6, 6.07) is 0. The zero-order chi connectivity index (χ0) is 19.9. The fourth-order valence-corrected chi connectivity index (χ4v) is 2.69. The first-order valence-corrected chi connectivity index (χ1v) is 8.71. The molecule has 0 amide bonds. The van der Waals surface area contributed by atoms with Crippen molar-refractivity contribution in [3.05, 3.63) is 0 Å². The summed E-state index contributed by atoms with van der Waals surface area (Å²) in [7, 11) is 0. The maximum absolute atomic E-state index is 11.7.